The van der Waals surface area contributed by atoms with Crippen LogP contribution in [0.1, 0.15) is 34.0 Å². The van der Waals surface area contributed by atoms with Gasteiger partial charge in [0.1, 0.15) is 0 Å². The third-order valence-corrected chi connectivity index (χ3v) is 4.39. The van der Waals surface area contributed by atoms with Gasteiger partial charge in [-0.1, -0.05) is 54.1 Å². The SMILES string of the molecule is CC(=N)c1ccc(CNC(=O)c2cnn(Cc3ccccc3Cl)c2)cc1. The molecule has 6 heteroatoms. The molecule has 3 aromatic rings. The summed E-state index contributed by atoms with van der Waals surface area (Å²) in [5.41, 5.74) is 3.83. The summed E-state index contributed by atoms with van der Waals surface area (Å²) in [4.78, 5) is 12.3. The van der Waals surface area contributed by atoms with Gasteiger partial charge in [0.05, 0.1) is 18.3 Å². The van der Waals surface area contributed by atoms with Crippen LogP contribution in [-0.2, 0) is 13.1 Å². The molecule has 1 amide bonds. The lowest BCUT2D eigenvalue weighted by molar-refractivity contribution is 0.0951. The van der Waals surface area contributed by atoms with E-state index in [1.54, 1.807) is 24.0 Å². The quantitative estimate of drug-likeness (QED) is 0.649. The van der Waals surface area contributed by atoms with Crippen molar-refractivity contribution in [2.24, 2.45) is 0 Å². The van der Waals surface area contributed by atoms with E-state index in [0.29, 0.717) is 29.4 Å². The van der Waals surface area contributed by atoms with Crippen LogP contribution >= 0.6 is 11.6 Å². The Labute approximate surface area is 157 Å². The first-order valence-electron chi connectivity index (χ1n) is 8.21. The number of benzene rings is 2. The highest BCUT2D eigenvalue weighted by molar-refractivity contribution is 6.31. The van der Waals surface area contributed by atoms with Gasteiger partial charge in [0.15, 0.2) is 0 Å². The van der Waals surface area contributed by atoms with Gasteiger partial charge in [0.25, 0.3) is 5.91 Å². The summed E-state index contributed by atoms with van der Waals surface area (Å²) in [5.74, 6) is -0.178. The minimum absolute atomic E-state index is 0.178. The molecular formula is C20H19ClN4O. The molecular weight excluding hydrogens is 348 g/mol. The molecule has 132 valence electrons. The zero-order valence-electron chi connectivity index (χ0n) is 14.4. The second kappa shape index (κ2) is 7.97. The zero-order valence-corrected chi connectivity index (χ0v) is 15.1. The normalized spacial score (nSPS) is 10.5. The van der Waals surface area contributed by atoms with E-state index in [4.69, 9.17) is 17.0 Å². The first kappa shape index (κ1) is 17.9. The van der Waals surface area contributed by atoms with E-state index < -0.39 is 0 Å². The number of carbonyl (C=O) groups is 1. The lowest BCUT2D eigenvalue weighted by Crippen LogP contribution is -2.22. The monoisotopic (exact) mass is 366 g/mol. The number of nitrogens with zero attached hydrogens (tertiary/aromatic N) is 2. The molecule has 0 atom stereocenters. The van der Waals surface area contributed by atoms with Crippen molar-refractivity contribution in [1.82, 2.24) is 15.1 Å². The first-order chi connectivity index (χ1) is 12.5. The third-order valence-electron chi connectivity index (χ3n) is 4.03. The maximum atomic E-state index is 12.3. The summed E-state index contributed by atoms with van der Waals surface area (Å²) in [6, 6.07) is 15.1. The number of amides is 1. The Morgan fingerprint density at radius 2 is 1.88 bits per heavy atom. The summed E-state index contributed by atoms with van der Waals surface area (Å²) in [7, 11) is 0. The lowest BCUT2D eigenvalue weighted by Gasteiger charge is -2.05. The number of carbonyl (C=O) groups excluding carboxylic acids is 1. The van der Waals surface area contributed by atoms with Crippen LogP contribution in [0.4, 0.5) is 0 Å². The second-order valence-corrected chi connectivity index (χ2v) is 6.43. The van der Waals surface area contributed by atoms with E-state index in [1.165, 1.54) is 0 Å². The van der Waals surface area contributed by atoms with Gasteiger partial charge in [-0.15, -0.1) is 0 Å². The van der Waals surface area contributed by atoms with E-state index in [2.05, 4.69) is 10.4 Å². The standard InChI is InChI=1S/C20H19ClN4O/c1-14(22)16-8-6-15(7-9-16)10-23-20(26)18-11-24-25(13-18)12-17-4-2-3-5-19(17)21/h2-9,11,13,22H,10,12H2,1H3,(H,23,26). The largest absolute Gasteiger partial charge is 0.348 e. The predicted octanol–water partition coefficient (Wildman–Crippen LogP) is 3.90. The van der Waals surface area contributed by atoms with Gasteiger partial charge < -0.3 is 10.7 Å². The molecule has 5 nitrogen and oxygen atoms in total. The number of rotatable bonds is 6. The van der Waals surface area contributed by atoms with Crippen molar-refractivity contribution in [2.45, 2.75) is 20.0 Å². The van der Waals surface area contributed by atoms with Crippen LogP contribution in [0.15, 0.2) is 60.9 Å². The highest BCUT2D eigenvalue weighted by Gasteiger charge is 2.09. The minimum atomic E-state index is -0.178. The maximum Gasteiger partial charge on any atom is 0.254 e. The second-order valence-electron chi connectivity index (χ2n) is 6.02. The van der Waals surface area contributed by atoms with Gasteiger partial charge in [-0.25, -0.2) is 0 Å². The summed E-state index contributed by atoms with van der Waals surface area (Å²) in [5, 5.41) is 15.4. The summed E-state index contributed by atoms with van der Waals surface area (Å²) < 4.78 is 1.69. The van der Waals surface area contributed by atoms with E-state index in [1.807, 2.05) is 48.5 Å². The van der Waals surface area contributed by atoms with Gasteiger partial charge in [-0.05, 0) is 29.7 Å². The number of aromatic nitrogens is 2. The Hall–Kier alpha value is -2.92. The van der Waals surface area contributed by atoms with Gasteiger partial charge in [-0.3, -0.25) is 9.48 Å². The number of hydrogen-bond donors (Lipinski definition) is 2. The Kier molecular flexibility index (Phi) is 5.49. The average molecular weight is 367 g/mol. The molecule has 0 fully saturated rings. The Balaban J connectivity index is 1.59. The Morgan fingerprint density at radius 1 is 1.15 bits per heavy atom. The number of nitrogens with one attached hydrogen (secondary N) is 2. The molecule has 0 saturated heterocycles. The molecule has 0 saturated carbocycles. The van der Waals surface area contributed by atoms with Crippen molar-refractivity contribution in [3.63, 3.8) is 0 Å². The van der Waals surface area contributed by atoms with Crippen molar-refractivity contribution in [3.05, 3.63) is 88.2 Å². The number of hydrogen-bond acceptors (Lipinski definition) is 3. The van der Waals surface area contributed by atoms with Crippen LogP contribution in [0.5, 0.6) is 0 Å². The summed E-state index contributed by atoms with van der Waals surface area (Å²) in [6.07, 6.45) is 3.26. The molecule has 2 aromatic carbocycles. The fraction of sp³-hybridized carbons (Fsp3) is 0.150. The molecule has 3 rings (SSSR count). The van der Waals surface area contributed by atoms with Gasteiger partial charge >= 0.3 is 0 Å². The topological polar surface area (TPSA) is 70.8 Å². The third kappa shape index (κ3) is 4.37. The van der Waals surface area contributed by atoms with Crippen LogP contribution < -0.4 is 5.32 Å². The molecule has 26 heavy (non-hydrogen) atoms. The Morgan fingerprint density at radius 3 is 2.58 bits per heavy atom. The molecule has 0 bridgehead atoms. The summed E-state index contributed by atoms with van der Waals surface area (Å²) >= 11 is 6.16. The van der Waals surface area contributed by atoms with E-state index in [-0.39, 0.29) is 5.91 Å². The van der Waals surface area contributed by atoms with Gasteiger partial charge in [0.2, 0.25) is 0 Å². The zero-order chi connectivity index (χ0) is 18.5. The average Bonchev–Trinajstić information content (AvgIpc) is 3.10. The molecule has 1 heterocycles. The van der Waals surface area contributed by atoms with Crippen LogP contribution in [-0.4, -0.2) is 21.4 Å². The first-order valence-corrected chi connectivity index (χ1v) is 8.59. The molecule has 0 radical (unpaired) electrons. The van der Waals surface area contributed by atoms with Crippen molar-refractivity contribution in [1.29, 1.82) is 5.41 Å². The van der Waals surface area contributed by atoms with Crippen LogP contribution in [0.2, 0.25) is 5.02 Å². The molecule has 0 aliphatic rings. The minimum Gasteiger partial charge on any atom is -0.348 e. The molecule has 0 spiro atoms. The van der Waals surface area contributed by atoms with Crippen molar-refractivity contribution in [3.8, 4) is 0 Å². The van der Waals surface area contributed by atoms with E-state index in [9.17, 15) is 4.79 Å². The maximum absolute atomic E-state index is 12.3. The molecule has 0 aliphatic carbocycles. The van der Waals surface area contributed by atoms with Gasteiger partial charge in [-0.2, -0.15) is 5.10 Å². The highest BCUT2D eigenvalue weighted by atomic mass is 35.5. The fourth-order valence-electron chi connectivity index (χ4n) is 2.53. The molecule has 1 aromatic heterocycles. The van der Waals surface area contributed by atoms with Crippen LogP contribution in [0.25, 0.3) is 0 Å². The van der Waals surface area contributed by atoms with E-state index in [0.717, 1.165) is 16.7 Å². The fourth-order valence-corrected chi connectivity index (χ4v) is 2.72. The smallest absolute Gasteiger partial charge is 0.254 e. The lowest BCUT2D eigenvalue weighted by atomic mass is 10.1. The summed E-state index contributed by atoms with van der Waals surface area (Å²) in [6.45, 7) is 2.68. The Bertz CT molecular complexity index is 931. The molecule has 0 unspecified atom stereocenters. The predicted molar refractivity (Wildman–Crippen MR) is 103 cm³/mol. The van der Waals surface area contributed by atoms with Gasteiger partial charge in [0, 0.05) is 23.5 Å². The van der Waals surface area contributed by atoms with Crippen molar-refractivity contribution < 1.29 is 4.79 Å². The van der Waals surface area contributed by atoms with Crippen LogP contribution in [0.3, 0.4) is 0 Å². The van der Waals surface area contributed by atoms with Crippen molar-refractivity contribution >= 4 is 23.2 Å². The highest BCUT2D eigenvalue weighted by Crippen LogP contribution is 2.16. The molecule has 0 aliphatic heterocycles. The van der Waals surface area contributed by atoms with Crippen molar-refractivity contribution in [2.75, 3.05) is 0 Å². The molecule has 2 N–H and O–H groups in total. The van der Waals surface area contributed by atoms with E-state index >= 15 is 0 Å². The van der Waals surface area contributed by atoms with Crippen LogP contribution in [0, 0.1) is 5.41 Å². The number of halogens is 1.